The van der Waals surface area contributed by atoms with E-state index < -0.39 is 15.9 Å². The average molecular weight is 375 g/mol. The Morgan fingerprint density at radius 3 is 2.00 bits per heavy atom. The monoisotopic (exact) mass is 375 g/mol. The van der Waals surface area contributed by atoms with Gasteiger partial charge in [-0.15, -0.1) is 0 Å². The van der Waals surface area contributed by atoms with Gasteiger partial charge in [-0.2, -0.15) is 0 Å². The van der Waals surface area contributed by atoms with E-state index in [1.54, 1.807) is 36.4 Å². The smallest absolute Gasteiger partial charge is 0.270 e. The molecule has 0 N–H and O–H groups in total. The third-order valence-electron chi connectivity index (χ3n) is 3.77. The lowest BCUT2D eigenvalue weighted by Crippen LogP contribution is -2.38. The summed E-state index contributed by atoms with van der Waals surface area (Å²) >= 11 is 0. The van der Waals surface area contributed by atoms with Gasteiger partial charge in [-0.05, 0) is 48.7 Å². The highest BCUT2D eigenvalue weighted by Crippen LogP contribution is 2.29. The van der Waals surface area contributed by atoms with Gasteiger partial charge in [0.2, 0.25) is 5.91 Å². The molecule has 0 spiro atoms. The molecule has 2 rings (SSSR count). The van der Waals surface area contributed by atoms with Gasteiger partial charge in [0, 0.05) is 6.42 Å². The summed E-state index contributed by atoms with van der Waals surface area (Å²) in [6.07, 6.45) is 0.101. The van der Waals surface area contributed by atoms with Crippen molar-refractivity contribution < 1.29 is 17.9 Å². The van der Waals surface area contributed by atoms with Gasteiger partial charge >= 0.3 is 0 Å². The molecule has 6 heteroatoms. The molecule has 0 aliphatic rings. The van der Waals surface area contributed by atoms with Gasteiger partial charge < -0.3 is 4.74 Å². The van der Waals surface area contributed by atoms with Gasteiger partial charge in [0.05, 0.1) is 17.7 Å². The topological polar surface area (TPSA) is 63.7 Å². The van der Waals surface area contributed by atoms with Crippen LogP contribution in [0.25, 0.3) is 0 Å². The highest BCUT2D eigenvalue weighted by Gasteiger charge is 2.33. The van der Waals surface area contributed by atoms with Crippen molar-refractivity contribution in [3.63, 3.8) is 0 Å². The van der Waals surface area contributed by atoms with Crippen LogP contribution in [0.1, 0.15) is 32.8 Å². The summed E-state index contributed by atoms with van der Waals surface area (Å²) in [7, 11) is -2.49. The predicted octanol–water partition coefficient (Wildman–Crippen LogP) is 4.16. The maximum atomic E-state index is 13.2. The van der Waals surface area contributed by atoms with Gasteiger partial charge in [0.25, 0.3) is 10.0 Å². The summed E-state index contributed by atoms with van der Waals surface area (Å²) in [5.41, 5.74) is 0.895. The Kier molecular flexibility index (Phi) is 5.76. The predicted molar refractivity (Wildman–Crippen MR) is 103 cm³/mol. The molecule has 0 atom stereocenters. The van der Waals surface area contributed by atoms with Crippen LogP contribution in [0.15, 0.2) is 53.4 Å². The summed E-state index contributed by atoms with van der Waals surface area (Å²) in [4.78, 5) is 13.0. The van der Waals surface area contributed by atoms with Crippen LogP contribution >= 0.6 is 0 Å². The first kappa shape index (κ1) is 20.0. The summed E-state index contributed by atoms with van der Waals surface area (Å²) in [6, 6.07) is 12.9. The molecule has 0 aromatic heterocycles. The van der Waals surface area contributed by atoms with E-state index in [4.69, 9.17) is 4.74 Å². The van der Waals surface area contributed by atoms with E-state index in [9.17, 15) is 13.2 Å². The first-order valence-electron chi connectivity index (χ1n) is 8.33. The lowest BCUT2D eigenvalue weighted by Gasteiger charge is -2.26. The standard InChI is InChI=1S/C20H25NO4S/c1-15-6-12-18(13-7-15)26(23,24)21(19(22)14-20(2,3)4)16-8-10-17(25-5)11-9-16/h6-13H,14H2,1-5H3. The van der Waals surface area contributed by atoms with Crippen molar-refractivity contribution in [2.24, 2.45) is 5.41 Å². The van der Waals surface area contributed by atoms with E-state index in [0.29, 0.717) is 11.4 Å². The van der Waals surface area contributed by atoms with Crippen LogP contribution in [0.5, 0.6) is 5.75 Å². The Labute approximate surface area is 155 Å². The Balaban J connectivity index is 2.54. The van der Waals surface area contributed by atoms with E-state index in [0.717, 1.165) is 9.87 Å². The fourth-order valence-electron chi connectivity index (χ4n) is 2.48. The lowest BCUT2D eigenvalue weighted by molar-refractivity contribution is -0.119. The van der Waals surface area contributed by atoms with Crippen molar-refractivity contribution in [1.82, 2.24) is 0 Å². The number of hydrogen-bond acceptors (Lipinski definition) is 4. The fourth-order valence-corrected chi connectivity index (χ4v) is 3.90. The molecule has 0 aliphatic carbocycles. The third kappa shape index (κ3) is 4.64. The van der Waals surface area contributed by atoms with Crippen molar-refractivity contribution in [2.75, 3.05) is 11.4 Å². The summed E-state index contributed by atoms with van der Waals surface area (Å²) in [5.74, 6) is 0.118. The quantitative estimate of drug-likeness (QED) is 0.787. The minimum atomic E-state index is -4.02. The number of carbonyl (C=O) groups is 1. The molecule has 0 saturated carbocycles. The maximum Gasteiger partial charge on any atom is 0.270 e. The normalized spacial score (nSPS) is 11.9. The second-order valence-corrected chi connectivity index (χ2v) is 9.20. The number of sulfonamides is 1. The number of carbonyl (C=O) groups excluding carboxylic acids is 1. The van der Waals surface area contributed by atoms with Crippen LogP contribution in [0.2, 0.25) is 0 Å². The molecule has 26 heavy (non-hydrogen) atoms. The van der Waals surface area contributed by atoms with Gasteiger partial charge in [0.1, 0.15) is 5.75 Å². The zero-order valence-electron chi connectivity index (χ0n) is 15.8. The molecule has 0 aliphatic heterocycles. The number of nitrogens with zero attached hydrogens (tertiary/aromatic N) is 1. The fraction of sp³-hybridized carbons (Fsp3) is 0.350. The Bertz CT molecular complexity index is 864. The molecule has 1 amide bonds. The summed E-state index contributed by atoms with van der Waals surface area (Å²) in [5, 5.41) is 0. The average Bonchev–Trinajstić information content (AvgIpc) is 2.54. The van der Waals surface area contributed by atoms with Crippen LogP contribution in [0.3, 0.4) is 0 Å². The number of ether oxygens (including phenoxy) is 1. The molecule has 0 saturated heterocycles. The van der Waals surface area contributed by atoms with Gasteiger partial charge in [-0.25, -0.2) is 12.7 Å². The van der Waals surface area contributed by atoms with Crippen molar-refractivity contribution in [1.29, 1.82) is 0 Å². The SMILES string of the molecule is COc1ccc(N(C(=O)CC(C)(C)C)S(=O)(=O)c2ccc(C)cc2)cc1. The minimum Gasteiger partial charge on any atom is -0.497 e. The van der Waals surface area contributed by atoms with E-state index in [2.05, 4.69) is 0 Å². The van der Waals surface area contributed by atoms with Gasteiger partial charge in [0.15, 0.2) is 0 Å². The van der Waals surface area contributed by atoms with Gasteiger partial charge in [-0.3, -0.25) is 4.79 Å². The first-order chi connectivity index (χ1) is 12.0. The Morgan fingerprint density at radius 1 is 1.00 bits per heavy atom. The number of rotatable bonds is 5. The number of methoxy groups -OCH3 is 1. The van der Waals surface area contributed by atoms with E-state index >= 15 is 0 Å². The highest BCUT2D eigenvalue weighted by atomic mass is 32.2. The second-order valence-electron chi connectivity index (χ2n) is 7.41. The first-order valence-corrected chi connectivity index (χ1v) is 9.77. The van der Waals surface area contributed by atoms with E-state index in [1.165, 1.54) is 19.2 Å². The van der Waals surface area contributed by atoms with Crippen molar-refractivity contribution in [2.45, 2.75) is 39.0 Å². The molecule has 0 bridgehead atoms. The minimum absolute atomic E-state index is 0.0844. The Hall–Kier alpha value is -2.34. The highest BCUT2D eigenvalue weighted by molar-refractivity contribution is 7.93. The number of amides is 1. The molecule has 0 radical (unpaired) electrons. The van der Waals surface area contributed by atoms with E-state index in [-0.39, 0.29) is 16.7 Å². The lowest BCUT2D eigenvalue weighted by atomic mass is 9.92. The van der Waals surface area contributed by atoms with Crippen LogP contribution in [-0.2, 0) is 14.8 Å². The number of benzene rings is 2. The summed E-state index contributed by atoms with van der Waals surface area (Å²) < 4.78 is 32.4. The molecule has 0 fully saturated rings. The molecule has 5 nitrogen and oxygen atoms in total. The van der Waals surface area contributed by atoms with Crippen LogP contribution in [0, 0.1) is 12.3 Å². The molecule has 0 unspecified atom stereocenters. The zero-order valence-corrected chi connectivity index (χ0v) is 16.6. The van der Waals surface area contributed by atoms with Crippen LogP contribution < -0.4 is 9.04 Å². The van der Waals surface area contributed by atoms with Crippen molar-refractivity contribution in [3.05, 3.63) is 54.1 Å². The van der Waals surface area contributed by atoms with Gasteiger partial charge in [-0.1, -0.05) is 38.5 Å². The molecule has 2 aromatic rings. The molecular formula is C20H25NO4S. The molecule has 140 valence electrons. The van der Waals surface area contributed by atoms with Crippen LogP contribution in [0.4, 0.5) is 5.69 Å². The number of aryl methyl sites for hydroxylation is 1. The third-order valence-corrected chi connectivity index (χ3v) is 5.54. The van der Waals surface area contributed by atoms with Crippen molar-refractivity contribution >= 4 is 21.6 Å². The zero-order chi connectivity index (χ0) is 19.5. The Morgan fingerprint density at radius 2 is 1.54 bits per heavy atom. The number of hydrogen-bond donors (Lipinski definition) is 0. The van der Waals surface area contributed by atoms with E-state index in [1.807, 2.05) is 27.7 Å². The summed E-state index contributed by atoms with van der Waals surface area (Å²) in [6.45, 7) is 7.57. The van der Waals surface area contributed by atoms with Crippen molar-refractivity contribution in [3.8, 4) is 5.75 Å². The largest absolute Gasteiger partial charge is 0.497 e. The molecule has 2 aromatic carbocycles. The molecular weight excluding hydrogens is 350 g/mol. The molecule has 0 heterocycles. The second kappa shape index (κ2) is 7.50. The van der Waals surface area contributed by atoms with Crippen LogP contribution in [-0.4, -0.2) is 21.4 Å². The number of anilines is 1. The maximum absolute atomic E-state index is 13.2.